The highest BCUT2D eigenvalue weighted by atomic mass is 19.1. The molecule has 2 aromatic carbocycles. The number of methoxy groups -OCH3 is 3. The third kappa shape index (κ3) is 4.78. The number of ether oxygens (including phenoxy) is 3. The Morgan fingerprint density at radius 1 is 1.00 bits per heavy atom. The van der Waals surface area contributed by atoms with Gasteiger partial charge in [0.2, 0.25) is 0 Å². The van der Waals surface area contributed by atoms with Gasteiger partial charge in [-0.25, -0.2) is 9.38 Å². The smallest absolute Gasteiger partial charge is 0.191 e. The van der Waals surface area contributed by atoms with E-state index in [1.807, 2.05) is 25.1 Å². The van der Waals surface area contributed by atoms with Crippen molar-refractivity contribution in [2.45, 2.75) is 31.7 Å². The lowest BCUT2D eigenvalue weighted by Gasteiger charge is -2.20. The zero-order valence-corrected chi connectivity index (χ0v) is 18.0. The van der Waals surface area contributed by atoms with E-state index in [0.717, 1.165) is 30.5 Å². The van der Waals surface area contributed by atoms with Crippen LogP contribution in [0.4, 0.5) is 4.39 Å². The van der Waals surface area contributed by atoms with Crippen LogP contribution in [0.15, 0.2) is 41.4 Å². The first-order valence-electron chi connectivity index (χ1n) is 10.1. The number of aliphatic imine (C=N–C) groups is 1. The van der Waals surface area contributed by atoms with E-state index in [1.165, 1.54) is 6.07 Å². The molecule has 0 bridgehead atoms. The summed E-state index contributed by atoms with van der Waals surface area (Å²) in [5, 5.41) is 6.64. The van der Waals surface area contributed by atoms with Gasteiger partial charge >= 0.3 is 0 Å². The summed E-state index contributed by atoms with van der Waals surface area (Å²) in [4.78, 5) is 4.69. The van der Waals surface area contributed by atoms with Crippen molar-refractivity contribution in [2.24, 2.45) is 4.99 Å². The number of benzene rings is 2. The molecule has 0 atom stereocenters. The lowest BCUT2D eigenvalue weighted by Crippen LogP contribution is -2.41. The van der Waals surface area contributed by atoms with Crippen LogP contribution < -0.4 is 24.8 Å². The number of nitrogens with zero attached hydrogens (tertiary/aromatic N) is 1. The van der Waals surface area contributed by atoms with E-state index in [0.29, 0.717) is 36.3 Å². The maximum absolute atomic E-state index is 14.3. The second-order valence-electron chi connectivity index (χ2n) is 7.33. The van der Waals surface area contributed by atoms with Crippen LogP contribution in [-0.2, 0) is 12.0 Å². The van der Waals surface area contributed by atoms with E-state index in [1.54, 1.807) is 33.5 Å². The molecule has 0 radical (unpaired) electrons. The Hall–Kier alpha value is -2.96. The van der Waals surface area contributed by atoms with Gasteiger partial charge in [-0.2, -0.15) is 0 Å². The van der Waals surface area contributed by atoms with Gasteiger partial charge in [0.25, 0.3) is 0 Å². The fourth-order valence-electron chi connectivity index (χ4n) is 3.56. The van der Waals surface area contributed by atoms with E-state index in [2.05, 4.69) is 10.6 Å². The third-order valence-corrected chi connectivity index (χ3v) is 5.43. The van der Waals surface area contributed by atoms with Gasteiger partial charge in [0, 0.05) is 30.1 Å². The molecule has 6 nitrogen and oxygen atoms in total. The van der Waals surface area contributed by atoms with Crippen molar-refractivity contribution >= 4 is 5.96 Å². The average Bonchev–Trinajstić information content (AvgIpc) is 3.56. The molecule has 0 aliphatic heterocycles. The maximum Gasteiger partial charge on any atom is 0.191 e. The highest BCUT2D eigenvalue weighted by Crippen LogP contribution is 2.48. The van der Waals surface area contributed by atoms with Gasteiger partial charge in [0.1, 0.15) is 11.6 Å². The van der Waals surface area contributed by atoms with Crippen LogP contribution in [-0.4, -0.2) is 40.4 Å². The summed E-state index contributed by atoms with van der Waals surface area (Å²) in [6.07, 6.45) is 1.92. The molecule has 1 fully saturated rings. The predicted octanol–water partition coefficient (Wildman–Crippen LogP) is 3.64. The number of halogens is 1. The first-order valence-corrected chi connectivity index (χ1v) is 10.1. The minimum Gasteiger partial charge on any atom is -0.496 e. The van der Waals surface area contributed by atoms with Crippen LogP contribution in [0.25, 0.3) is 0 Å². The fraction of sp³-hybridized carbons (Fsp3) is 0.435. The molecular formula is C23H30FN3O3. The van der Waals surface area contributed by atoms with Crippen LogP contribution in [0, 0.1) is 5.82 Å². The monoisotopic (exact) mass is 415 g/mol. The Morgan fingerprint density at radius 2 is 1.67 bits per heavy atom. The van der Waals surface area contributed by atoms with E-state index < -0.39 is 0 Å². The van der Waals surface area contributed by atoms with E-state index in [4.69, 9.17) is 19.2 Å². The summed E-state index contributed by atoms with van der Waals surface area (Å²) in [5.74, 6) is 2.44. The first-order chi connectivity index (χ1) is 14.6. The summed E-state index contributed by atoms with van der Waals surface area (Å²) in [6, 6.07) is 10.7. The molecule has 1 saturated carbocycles. The fourth-order valence-corrected chi connectivity index (χ4v) is 3.56. The molecule has 2 aromatic rings. The van der Waals surface area contributed by atoms with E-state index in [-0.39, 0.29) is 11.2 Å². The second-order valence-corrected chi connectivity index (χ2v) is 7.33. The molecule has 162 valence electrons. The Balaban J connectivity index is 1.75. The van der Waals surface area contributed by atoms with Crippen molar-refractivity contribution < 1.29 is 18.6 Å². The van der Waals surface area contributed by atoms with Crippen molar-refractivity contribution in [1.82, 2.24) is 10.6 Å². The maximum atomic E-state index is 14.3. The van der Waals surface area contributed by atoms with Gasteiger partial charge in [-0.05, 0) is 37.5 Å². The topological polar surface area (TPSA) is 64.1 Å². The lowest BCUT2D eigenvalue weighted by molar-refractivity contribution is 0.347. The number of rotatable bonds is 9. The quantitative estimate of drug-likeness (QED) is 0.484. The summed E-state index contributed by atoms with van der Waals surface area (Å²) < 4.78 is 30.5. The van der Waals surface area contributed by atoms with Gasteiger partial charge < -0.3 is 24.8 Å². The zero-order chi connectivity index (χ0) is 21.6. The zero-order valence-electron chi connectivity index (χ0n) is 18.0. The number of guanidine groups is 1. The van der Waals surface area contributed by atoms with Gasteiger partial charge in [-0.1, -0.05) is 18.2 Å². The summed E-state index contributed by atoms with van der Waals surface area (Å²) >= 11 is 0. The molecule has 1 aliphatic rings. The minimum absolute atomic E-state index is 0.145. The van der Waals surface area contributed by atoms with Gasteiger partial charge in [0.05, 0.1) is 27.9 Å². The molecule has 0 unspecified atom stereocenters. The molecule has 2 N–H and O–H groups in total. The molecule has 0 aromatic heterocycles. The van der Waals surface area contributed by atoms with E-state index in [9.17, 15) is 4.39 Å². The highest BCUT2D eigenvalue weighted by molar-refractivity contribution is 5.80. The van der Waals surface area contributed by atoms with Crippen LogP contribution in [0.5, 0.6) is 17.2 Å². The number of hydrogen-bond donors (Lipinski definition) is 2. The molecule has 30 heavy (non-hydrogen) atoms. The van der Waals surface area contributed by atoms with Gasteiger partial charge in [-0.15, -0.1) is 0 Å². The van der Waals surface area contributed by atoms with Crippen molar-refractivity contribution in [1.29, 1.82) is 0 Å². The Morgan fingerprint density at radius 3 is 2.27 bits per heavy atom. The first kappa shape index (κ1) is 21.7. The van der Waals surface area contributed by atoms with E-state index >= 15 is 0 Å². The molecule has 0 spiro atoms. The van der Waals surface area contributed by atoms with Crippen molar-refractivity contribution in [3.63, 3.8) is 0 Å². The Bertz CT molecular complexity index is 897. The third-order valence-electron chi connectivity index (χ3n) is 5.43. The Labute approximate surface area is 177 Å². The average molecular weight is 416 g/mol. The SMILES string of the molecule is CCNC(=NCc1cc(OC)c(OC)cc1OC)NCC1(c2ccccc2F)CC1. The minimum atomic E-state index is -0.164. The largest absolute Gasteiger partial charge is 0.496 e. The van der Waals surface area contributed by atoms with Gasteiger partial charge in [0.15, 0.2) is 17.5 Å². The van der Waals surface area contributed by atoms with Crippen molar-refractivity contribution in [3.8, 4) is 17.2 Å². The Kier molecular flexibility index (Phi) is 7.03. The lowest BCUT2D eigenvalue weighted by atomic mass is 9.95. The molecule has 3 rings (SSSR count). The molecule has 1 aliphatic carbocycles. The predicted molar refractivity (Wildman–Crippen MR) is 116 cm³/mol. The van der Waals surface area contributed by atoms with Crippen LogP contribution in [0.3, 0.4) is 0 Å². The summed E-state index contributed by atoms with van der Waals surface area (Å²) in [7, 11) is 4.80. The normalized spacial score (nSPS) is 14.8. The van der Waals surface area contributed by atoms with Crippen LogP contribution in [0.2, 0.25) is 0 Å². The molecule has 7 heteroatoms. The van der Waals surface area contributed by atoms with Crippen molar-refractivity contribution in [2.75, 3.05) is 34.4 Å². The molecular weight excluding hydrogens is 385 g/mol. The van der Waals surface area contributed by atoms with Gasteiger partial charge in [-0.3, -0.25) is 0 Å². The van der Waals surface area contributed by atoms with Crippen molar-refractivity contribution in [3.05, 3.63) is 53.3 Å². The second kappa shape index (κ2) is 9.69. The standard InChI is InChI=1S/C23H30FN3O3/c1-5-25-22(27-15-23(10-11-23)17-8-6-7-9-18(17)24)26-14-16-12-20(29-3)21(30-4)13-19(16)28-2/h6-9,12-13H,5,10-11,14-15H2,1-4H3,(H2,25,26,27). The molecule has 0 heterocycles. The van der Waals surface area contributed by atoms with Crippen LogP contribution >= 0.6 is 0 Å². The number of nitrogens with one attached hydrogen (secondary N) is 2. The van der Waals surface area contributed by atoms with Crippen LogP contribution in [0.1, 0.15) is 30.9 Å². The molecule has 0 saturated heterocycles. The number of hydrogen-bond acceptors (Lipinski definition) is 4. The molecule has 0 amide bonds. The summed E-state index contributed by atoms with van der Waals surface area (Å²) in [6.45, 7) is 3.76. The highest BCUT2D eigenvalue weighted by Gasteiger charge is 2.45. The summed E-state index contributed by atoms with van der Waals surface area (Å²) in [5.41, 5.74) is 1.49.